The molecule has 5 nitrogen and oxygen atoms in total. The largest absolute Gasteiger partial charge is 0.338 e. The average molecular weight is 224 g/mol. The van der Waals surface area contributed by atoms with Gasteiger partial charge in [-0.3, -0.25) is 4.90 Å². The van der Waals surface area contributed by atoms with Crippen LogP contribution in [0.5, 0.6) is 0 Å². The second-order valence-electron chi connectivity index (χ2n) is 4.11. The van der Waals surface area contributed by atoms with Crippen LogP contribution in [0.3, 0.4) is 0 Å². The summed E-state index contributed by atoms with van der Waals surface area (Å²) < 4.78 is 0. The van der Waals surface area contributed by atoms with Crippen molar-refractivity contribution >= 4 is 6.03 Å². The van der Waals surface area contributed by atoms with Crippen LogP contribution < -0.4 is 10.6 Å². The molecular weight excluding hydrogens is 204 g/mol. The van der Waals surface area contributed by atoms with Crippen LogP contribution in [0.2, 0.25) is 0 Å². The van der Waals surface area contributed by atoms with Gasteiger partial charge in [-0.15, -0.1) is 0 Å². The highest BCUT2D eigenvalue weighted by molar-refractivity contribution is 5.74. The third kappa shape index (κ3) is 4.49. The van der Waals surface area contributed by atoms with Gasteiger partial charge in [0, 0.05) is 25.7 Å². The van der Waals surface area contributed by atoms with Crippen LogP contribution in [0.15, 0.2) is 0 Å². The zero-order valence-corrected chi connectivity index (χ0v) is 9.83. The Labute approximate surface area is 96.8 Å². The molecule has 16 heavy (non-hydrogen) atoms. The molecule has 0 radical (unpaired) electrons. The fraction of sp³-hybridized carbons (Fsp3) is 0.818. The van der Waals surface area contributed by atoms with E-state index in [2.05, 4.69) is 21.6 Å². The van der Waals surface area contributed by atoms with Crippen molar-refractivity contribution in [2.75, 3.05) is 26.2 Å². The summed E-state index contributed by atoms with van der Waals surface area (Å²) in [4.78, 5) is 13.5. The van der Waals surface area contributed by atoms with E-state index in [1.807, 2.05) is 6.92 Å². The standard InChI is InChI=1S/C11H20N4O/c1-2-6-13-11(16)14-10-3-7-15(8-4-10)9-5-12/h10H,2-4,6-9H2,1H3,(H2,13,14,16). The number of likely N-dealkylation sites (tertiary alicyclic amines) is 1. The molecule has 2 amide bonds. The first-order chi connectivity index (χ1) is 7.76. The lowest BCUT2D eigenvalue weighted by Crippen LogP contribution is -2.48. The van der Waals surface area contributed by atoms with Crippen molar-refractivity contribution in [1.29, 1.82) is 5.26 Å². The number of hydrogen-bond donors (Lipinski definition) is 2. The van der Waals surface area contributed by atoms with E-state index < -0.39 is 0 Å². The number of piperidine rings is 1. The van der Waals surface area contributed by atoms with E-state index in [4.69, 9.17) is 5.26 Å². The summed E-state index contributed by atoms with van der Waals surface area (Å²) in [5, 5.41) is 14.3. The van der Waals surface area contributed by atoms with Crippen molar-refractivity contribution in [3.05, 3.63) is 0 Å². The van der Waals surface area contributed by atoms with Crippen LogP contribution in [0.4, 0.5) is 4.79 Å². The molecule has 1 aliphatic heterocycles. The number of nitrogens with zero attached hydrogens (tertiary/aromatic N) is 2. The summed E-state index contributed by atoms with van der Waals surface area (Å²) in [6, 6.07) is 2.33. The molecular formula is C11H20N4O. The predicted octanol–water partition coefficient (Wildman–Crippen LogP) is 0.684. The number of urea groups is 1. The van der Waals surface area contributed by atoms with Gasteiger partial charge in [-0.2, -0.15) is 5.26 Å². The molecule has 1 aliphatic rings. The quantitative estimate of drug-likeness (QED) is 0.690. The number of carbonyl (C=O) groups is 1. The molecule has 0 aliphatic carbocycles. The number of nitriles is 1. The second-order valence-corrected chi connectivity index (χ2v) is 4.11. The smallest absolute Gasteiger partial charge is 0.315 e. The van der Waals surface area contributed by atoms with E-state index in [0.717, 1.165) is 38.9 Å². The van der Waals surface area contributed by atoms with Gasteiger partial charge < -0.3 is 10.6 Å². The molecule has 1 fully saturated rings. The maximum atomic E-state index is 11.4. The predicted molar refractivity (Wildman–Crippen MR) is 61.9 cm³/mol. The average Bonchev–Trinajstić information content (AvgIpc) is 2.29. The van der Waals surface area contributed by atoms with Crippen LogP contribution in [0, 0.1) is 11.3 Å². The van der Waals surface area contributed by atoms with Crippen molar-refractivity contribution in [2.24, 2.45) is 0 Å². The third-order valence-corrected chi connectivity index (χ3v) is 2.75. The Balaban J connectivity index is 2.17. The fourth-order valence-corrected chi connectivity index (χ4v) is 1.81. The van der Waals surface area contributed by atoms with E-state index in [-0.39, 0.29) is 12.1 Å². The van der Waals surface area contributed by atoms with E-state index in [1.165, 1.54) is 0 Å². The molecule has 1 rings (SSSR count). The van der Waals surface area contributed by atoms with E-state index in [1.54, 1.807) is 0 Å². The molecule has 1 heterocycles. The van der Waals surface area contributed by atoms with Crippen molar-refractivity contribution in [3.63, 3.8) is 0 Å². The molecule has 0 bridgehead atoms. The summed E-state index contributed by atoms with van der Waals surface area (Å²) in [5.41, 5.74) is 0. The van der Waals surface area contributed by atoms with Crippen LogP contribution in [0.1, 0.15) is 26.2 Å². The number of rotatable bonds is 4. The van der Waals surface area contributed by atoms with E-state index >= 15 is 0 Å². The summed E-state index contributed by atoms with van der Waals surface area (Å²) >= 11 is 0. The minimum atomic E-state index is -0.0689. The zero-order chi connectivity index (χ0) is 11.8. The molecule has 0 spiro atoms. The highest BCUT2D eigenvalue weighted by Crippen LogP contribution is 2.09. The van der Waals surface area contributed by atoms with Gasteiger partial charge in [0.2, 0.25) is 0 Å². The Morgan fingerprint density at radius 1 is 1.50 bits per heavy atom. The topological polar surface area (TPSA) is 68.2 Å². The normalized spacial score (nSPS) is 17.8. The second kappa shape index (κ2) is 7.07. The van der Waals surface area contributed by atoms with Crippen molar-refractivity contribution < 1.29 is 4.79 Å². The molecule has 0 saturated carbocycles. The molecule has 90 valence electrons. The van der Waals surface area contributed by atoms with Crippen molar-refractivity contribution in [1.82, 2.24) is 15.5 Å². The minimum Gasteiger partial charge on any atom is -0.338 e. The first-order valence-corrected chi connectivity index (χ1v) is 5.90. The molecule has 0 atom stereocenters. The Hall–Kier alpha value is -1.28. The van der Waals surface area contributed by atoms with Gasteiger partial charge in [0.15, 0.2) is 0 Å². The number of amides is 2. The summed E-state index contributed by atoms with van der Waals surface area (Å²) in [6.07, 6.45) is 2.82. The monoisotopic (exact) mass is 224 g/mol. The van der Waals surface area contributed by atoms with Gasteiger partial charge in [0.05, 0.1) is 12.6 Å². The van der Waals surface area contributed by atoms with Crippen LogP contribution in [-0.4, -0.2) is 43.2 Å². The molecule has 2 N–H and O–H groups in total. The lowest BCUT2D eigenvalue weighted by atomic mass is 10.1. The van der Waals surface area contributed by atoms with Gasteiger partial charge in [-0.05, 0) is 19.3 Å². The Kier molecular flexibility index (Phi) is 5.65. The highest BCUT2D eigenvalue weighted by Gasteiger charge is 2.19. The van der Waals surface area contributed by atoms with Crippen LogP contribution in [-0.2, 0) is 0 Å². The van der Waals surface area contributed by atoms with E-state index in [0.29, 0.717) is 6.54 Å². The van der Waals surface area contributed by atoms with E-state index in [9.17, 15) is 4.79 Å². The van der Waals surface area contributed by atoms with Gasteiger partial charge in [-0.1, -0.05) is 6.92 Å². The maximum absolute atomic E-state index is 11.4. The highest BCUT2D eigenvalue weighted by atomic mass is 16.2. The van der Waals surface area contributed by atoms with Crippen molar-refractivity contribution in [2.45, 2.75) is 32.2 Å². The zero-order valence-electron chi connectivity index (χ0n) is 9.83. The van der Waals surface area contributed by atoms with Crippen molar-refractivity contribution in [3.8, 4) is 6.07 Å². The lowest BCUT2D eigenvalue weighted by Gasteiger charge is -2.30. The molecule has 0 aromatic heterocycles. The first-order valence-electron chi connectivity index (χ1n) is 5.90. The Morgan fingerprint density at radius 2 is 2.19 bits per heavy atom. The molecule has 0 aromatic carbocycles. The third-order valence-electron chi connectivity index (χ3n) is 2.75. The summed E-state index contributed by atoms with van der Waals surface area (Å²) in [6.45, 7) is 5.03. The summed E-state index contributed by atoms with van der Waals surface area (Å²) in [7, 11) is 0. The number of hydrogen-bond acceptors (Lipinski definition) is 3. The number of nitrogens with one attached hydrogen (secondary N) is 2. The Bertz CT molecular complexity index is 253. The fourth-order valence-electron chi connectivity index (χ4n) is 1.81. The molecule has 0 aromatic rings. The van der Waals surface area contributed by atoms with Gasteiger partial charge in [0.25, 0.3) is 0 Å². The molecule has 1 saturated heterocycles. The first kappa shape index (κ1) is 12.8. The van der Waals surface area contributed by atoms with Gasteiger partial charge >= 0.3 is 6.03 Å². The van der Waals surface area contributed by atoms with Gasteiger partial charge in [0.1, 0.15) is 0 Å². The molecule has 0 unspecified atom stereocenters. The summed E-state index contributed by atoms with van der Waals surface area (Å²) in [5.74, 6) is 0. The lowest BCUT2D eigenvalue weighted by molar-refractivity contribution is 0.205. The molecule has 5 heteroatoms. The number of carbonyl (C=O) groups excluding carboxylic acids is 1. The SMILES string of the molecule is CCCNC(=O)NC1CCN(CC#N)CC1. The maximum Gasteiger partial charge on any atom is 0.315 e. The Morgan fingerprint density at radius 3 is 2.75 bits per heavy atom. The van der Waals surface area contributed by atoms with Crippen LogP contribution in [0.25, 0.3) is 0 Å². The minimum absolute atomic E-state index is 0.0689. The van der Waals surface area contributed by atoms with Crippen LogP contribution >= 0.6 is 0 Å². The van der Waals surface area contributed by atoms with Gasteiger partial charge in [-0.25, -0.2) is 4.79 Å².